The molecule has 0 atom stereocenters. The molecular formula is C18H12N2O. The lowest BCUT2D eigenvalue weighted by Gasteiger charge is -2.07. The molecule has 1 N–H and O–H groups in total. The van der Waals surface area contributed by atoms with Crippen LogP contribution in [0.3, 0.4) is 0 Å². The molecule has 0 saturated carbocycles. The number of fused-ring (bicyclic) bond motifs is 1. The Hall–Kier alpha value is -3.12. The monoisotopic (exact) mass is 272 g/mol. The van der Waals surface area contributed by atoms with Crippen LogP contribution in [0.1, 0.15) is 16.1 Å². The highest BCUT2D eigenvalue weighted by Gasteiger charge is 2.11. The Morgan fingerprint density at radius 3 is 2.81 bits per heavy atom. The second-order valence-electron chi connectivity index (χ2n) is 4.56. The van der Waals surface area contributed by atoms with Crippen molar-refractivity contribution in [3.63, 3.8) is 0 Å². The lowest BCUT2D eigenvalue weighted by molar-refractivity contribution is 0.102. The van der Waals surface area contributed by atoms with E-state index in [1.165, 1.54) is 0 Å². The average molecular weight is 272 g/mol. The van der Waals surface area contributed by atoms with Gasteiger partial charge in [-0.3, -0.25) is 9.78 Å². The molecule has 1 amide bonds. The lowest BCUT2D eigenvalue weighted by atomic mass is 10.1. The van der Waals surface area contributed by atoms with Gasteiger partial charge in [0, 0.05) is 22.8 Å². The van der Waals surface area contributed by atoms with E-state index in [2.05, 4.69) is 16.2 Å². The minimum atomic E-state index is -0.249. The maximum Gasteiger partial charge on any atom is 0.274 e. The van der Waals surface area contributed by atoms with Gasteiger partial charge in [-0.2, -0.15) is 0 Å². The molecule has 1 aromatic heterocycles. The van der Waals surface area contributed by atoms with Crippen LogP contribution in [-0.2, 0) is 0 Å². The third kappa shape index (κ3) is 2.60. The van der Waals surface area contributed by atoms with Gasteiger partial charge in [-0.15, -0.1) is 6.42 Å². The summed E-state index contributed by atoms with van der Waals surface area (Å²) in [5.41, 5.74) is 1.78. The molecule has 21 heavy (non-hydrogen) atoms. The first-order valence-electron chi connectivity index (χ1n) is 6.50. The van der Waals surface area contributed by atoms with Gasteiger partial charge >= 0.3 is 0 Å². The van der Waals surface area contributed by atoms with Gasteiger partial charge in [0.1, 0.15) is 5.69 Å². The van der Waals surface area contributed by atoms with Crippen LogP contribution in [-0.4, -0.2) is 10.9 Å². The van der Waals surface area contributed by atoms with Gasteiger partial charge in [-0.1, -0.05) is 36.3 Å². The van der Waals surface area contributed by atoms with Crippen LogP contribution in [0, 0.1) is 12.3 Å². The number of aromatic nitrogens is 1. The number of hydrogen-bond donors (Lipinski definition) is 1. The highest BCUT2D eigenvalue weighted by atomic mass is 16.1. The van der Waals surface area contributed by atoms with Crippen molar-refractivity contribution in [1.82, 2.24) is 4.98 Å². The van der Waals surface area contributed by atoms with Crippen molar-refractivity contribution in [3.05, 3.63) is 72.1 Å². The van der Waals surface area contributed by atoms with Gasteiger partial charge in [0.05, 0.1) is 0 Å². The molecule has 0 radical (unpaired) electrons. The number of nitrogens with one attached hydrogen (secondary N) is 1. The molecule has 0 aliphatic carbocycles. The predicted molar refractivity (Wildman–Crippen MR) is 84.1 cm³/mol. The van der Waals surface area contributed by atoms with Gasteiger partial charge in [0.2, 0.25) is 0 Å². The van der Waals surface area contributed by atoms with E-state index in [0.29, 0.717) is 11.4 Å². The summed E-state index contributed by atoms with van der Waals surface area (Å²) in [5, 5.41) is 4.63. The topological polar surface area (TPSA) is 42.0 Å². The first-order chi connectivity index (χ1) is 10.3. The predicted octanol–water partition coefficient (Wildman–Crippen LogP) is 3.47. The molecule has 3 heteroatoms. The number of benzene rings is 2. The fourth-order valence-electron chi connectivity index (χ4n) is 2.18. The van der Waals surface area contributed by atoms with Gasteiger partial charge < -0.3 is 5.32 Å². The Morgan fingerprint density at radius 2 is 1.95 bits per heavy atom. The van der Waals surface area contributed by atoms with Gasteiger partial charge in [-0.05, 0) is 29.7 Å². The molecule has 0 fully saturated rings. The Morgan fingerprint density at radius 1 is 1.10 bits per heavy atom. The van der Waals surface area contributed by atoms with E-state index >= 15 is 0 Å². The third-order valence-electron chi connectivity index (χ3n) is 3.18. The van der Waals surface area contributed by atoms with Crippen molar-refractivity contribution in [2.75, 3.05) is 5.32 Å². The lowest BCUT2D eigenvalue weighted by Crippen LogP contribution is -2.14. The SMILES string of the molecule is C#Cc1cccc(NC(=O)c2nccc3ccccc23)c1. The summed E-state index contributed by atoms with van der Waals surface area (Å²) in [7, 11) is 0. The van der Waals surface area contributed by atoms with Crippen LogP contribution in [0.25, 0.3) is 10.8 Å². The van der Waals surface area contributed by atoms with Crippen molar-refractivity contribution in [1.29, 1.82) is 0 Å². The van der Waals surface area contributed by atoms with E-state index in [9.17, 15) is 4.79 Å². The summed E-state index contributed by atoms with van der Waals surface area (Å²) >= 11 is 0. The Bertz CT molecular complexity index is 857. The summed E-state index contributed by atoms with van der Waals surface area (Å²) < 4.78 is 0. The molecule has 0 aliphatic rings. The molecule has 0 saturated heterocycles. The highest BCUT2D eigenvalue weighted by Crippen LogP contribution is 2.18. The first kappa shape index (κ1) is 12.9. The van der Waals surface area contributed by atoms with E-state index in [1.807, 2.05) is 36.4 Å². The van der Waals surface area contributed by atoms with Crippen LogP contribution in [0.4, 0.5) is 5.69 Å². The van der Waals surface area contributed by atoms with E-state index in [4.69, 9.17) is 6.42 Å². The zero-order valence-electron chi connectivity index (χ0n) is 11.2. The second-order valence-corrected chi connectivity index (χ2v) is 4.56. The summed E-state index contributed by atoms with van der Waals surface area (Å²) in [6.07, 6.45) is 6.99. The van der Waals surface area contributed by atoms with E-state index in [0.717, 1.165) is 16.3 Å². The normalized spacial score (nSPS) is 10.0. The minimum absolute atomic E-state index is 0.249. The Labute approximate surface area is 122 Å². The molecule has 3 nitrogen and oxygen atoms in total. The average Bonchev–Trinajstić information content (AvgIpc) is 2.54. The molecule has 0 bridgehead atoms. The molecule has 3 rings (SSSR count). The maximum atomic E-state index is 12.4. The number of nitrogens with zero attached hydrogens (tertiary/aromatic N) is 1. The van der Waals surface area contributed by atoms with Crippen molar-refractivity contribution in [3.8, 4) is 12.3 Å². The largest absolute Gasteiger partial charge is 0.321 e. The maximum absolute atomic E-state index is 12.4. The third-order valence-corrected chi connectivity index (χ3v) is 3.18. The Kier molecular flexibility index (Phi) is 3.36. The van der Waals surface area contributed by atoms with E-state index in [-0.39, 0.29) is 5.91 Å². The van der Waals surface area contributed by atoms with Gasteiger partial charge in [0.15, 0.2) is 0 Å². The molecular weight excluding hydrogens is 260 g/mol. The zero-order chi connectivity index (χ0) is 14.7. The standard InChI is InChI=1S/C18H12N2O/c1-2-13-6-5-8-15(12-13)20-18(21)17-16-9-4-3-7-14(16)10-11-19-17/h1,3-12H,(H,20,21). The smallest absolute Gasteiger partial charge is 0.274 e. The van der Waals surface area contributed by atoms with Crippen LogP contribution in [0.2, 0.25) is 0 Å². The van der Waals surface area contributed by atoms with Gasteiger partial charge in [-0.25, -0.2) is 0 Å². The number of rotatable bonds is 2. The molecule has 3 aromatic rings. The number of carbonyl (C=O) groups is 1. The molecule has 0 spiro atoms. The molecule has 0 unspecified atom stereocenters. The van der Waals surface area contributed by atoms with Crippen LogP contribution in [0.5, 0.6) is 0 Å². The first-order valence-corrected chi connectivity index (χ1v) is 6.50. The van der Waals surface area contributed by atoms with Crippen molar-refractivity contribution < 1.29 is 4.79 Å². The molecule has 2 aromatic carbocycles. The minimum Gasteiger partial charge on any atom is -0.321 e. The summed E-state index contributed by atoms with van der Waals surface area (Å²) in [4.78, 5) is 16.6. The number of hydrogen-bond acceptors (Lipinski definition) is 2. The summed E-state index contributed by atoms with van der Waals surface area (Å²) in [6.45, 7) is 0. The number of terminal acetylenes is 1. The summed E-state index contributed by atoms with van der Waals surface area (Å²) in [5.74, 6) is 2.29. The fourth-order valence-corrected chi connectivity index (χ4v) is 2.18. The number of amides is 1. The molecule has 100 valence electrons. The second kappa shape index (κ2) is 5.48. The highest BCUT2D eigenvalue weighted by molar-refractivity contribution is 6.11. The molecule has 1 heterocycles. The van der Waals surface area contributed by atoms with E-state index < -0.39 is 0 Å². The van der Waals surface area contributed by atoms with Crippen molar-refractivity contribution in [2.24, 2.45) is 0 Å². The summed E-state index contributed by atoms with van der Waals surface area (Å²) in [6, 6.07) is 16.7. The zero-order valence-corrected chi connectivity index (χ0v) is 11.2. The number of carbonyl (C=O) groups excluding carboxylic acids is 1. The number of pyridine rings is 1. The van der Waals surface area contributed by atoms with Crippen LogP contribution in [0.15, 0.2) is 60.8 Å². The quantitative estimate of drug-likeness (QED) is 0.726. The van der Waals surface area contributed by atoms with E-state index in [1.54, 1.807) is 24.4 Å². The Balaban J connectivity index is 1.96. The van der Waals surface area contributed by atoms with Crippen molar-refractivity contribution >= 4 is 22.4 Å². The van der Waals surface area contributed by atoms with Crippen LogP contribution < -0.4 is 5.32 Å². The van der Waals surface area contributed by atoms with Crippen molar-refractivity contribution in [2.45, 2.75) is 0 Å². The number of anilines is 1. The fraction of sp³-hybridized carbons (Fsp3) is 0. The van der Waals surface area contributed by atoms with Gasteiger partial charge in [0.25, 0.3) is 5.91 Å². The van der Waals surface area contributed by atoms with Crippen LogP contribution >= 0.6 is 0 Å². The molecule has 0 aliphatic heterocycles.